The van der Waals surface area contributed by atoms with Crippen LogP contribution in [0.3, 0.4) is 0 Å². The molecule has 0 fully saturated rings. The van der Waals surface area contributed by atoms with Gasteiger partial charge in [0.2, 0.25) is 0 Å². The molecule has 0 radical (unpaired) electrons. The van der Waals surface area contributed by atoms with Gasteiger partial charge in [-0.05, 0) is 72.6 Å². The summed E-state index contributed by atoms with van der Waals surface area (Å²) in [7, 11) is 0. The van der Waals surface area contributed by atoms with E-state index in [-0.39, 0.29) is 0 Å². The summed E-state index contributed by atoms with van der Waals surface area (Å²) in [4.78, 5) is 14.7. The van der Waals surface area contributed by atoms with Gasteiger partial charge in [0.1, 0.15) is 4.75 Å². The minimum atomic E-state index is -0.929. The van der Waals surface area contributed by atoms with Crippen molar-refractivity contribution in [1.29, 1.82) is 0 Å². The van der Waals surface area contributed by atoms with E-state index in [0.717, 1.165) is 47.7 Å². The largest absolute Gasteiger partial charge is 0.480 e. The molecular formula is C31H48N2O3S. The van der Waals surface area contributed by atoms with Crippen LogP contribution in [0.1, 0.15) is 79.7 Å². The summed E-state index contributed by atoms with van der Waals surface area (Å²) in [6, 6.07) is 16.6. The predicted octanol–water partition coefficient (Wildman–Crippen LogP) is 8.13. The highest BCUT2D eigenvalue weighted by Gasteiger charge is 2.30. The predicted molar refractivity (Wildman–Crippen MR) is 161 cm³/mol. The Labute approximate surface area is 229 Å². The second kappa shape index (κ2) is 15.1. The Morgan fingerprint density at radius 1 is 1.05 bits per heavy atom. The van der Waals surface area contributed by atoms with Gasteiger partial charge in [-0.15, -0.1) is 11.8 Å². The van der Waals surface area contributed by atoms with E-state index in [2.05, 4.69) is 49.7 Å². The number of allylic oxidation sites excluding steroid dienone is 1. The van der Waals surface area contributed by atoms with E-state index in [4.69, 9.17) is 0 Å². The van der Waals surface area contributed by atoms with Crippen molar-refractivity contribution in [3.05, 3.63) is 66.4 Å². The third kappa shape index (κ3) is 12.1. The molecule has 0 unspecified atom stereocenters. The molecule has 37 heavy (non-hydrogen) atoms. The van der Waals surface area contributed by atoms with Crippen molar-refractivity contribution < 1.29 is 15.0 Å². The first kappa shape index (κ1) is 32.6. The topological polar surface area (TPSA) is 72.8 Å². The first-order valence-corrected chi connectivity index (χ1v) is 14.0. The smallest absolute Gasteiger partial charge is 0.319 e. The van der Waals surface area contributed by atoms with Crippen molar-refractivity contribution in [1.82, 2.24) is 0 Å². The lowest BCUT2D eigenvalue weighted by Crippen LogP contribution is -2.45. The molecule has 0 heterocycles. The summed E-state index contributed by atoms with van der Waals surface area (Å²) in [5, 5.41) is 23.5. The number of carboxylic acids is 1. The zero-order valence-electron chi connectivity index (χ0n) is 24.1. The molecule has 0 aliphatic rings. The molecule has 6 heteroatoms. The lowest BCUT2D eigenvalue weighted by Gasteiger charge is -2.39. The van der Waals surface area contributed by atoms with E-state index in [1.54, 1.807) is 13.8 Å². The van der Waals surface area contributed by atoms with Crippen LogP contribution >= 0.6 is 11.8 Å². The SMILES string of the molecule is C=C(C)Nc1cc(SC(C)(C)C(=O)O)ccc1N(CC(C)(C)O)C(CCC)CCC.Cc1ccccc1. The number of hydrogen-bond donors (Lipinski definition) is 3. The van der Waals surface area contributed by atoms with Crippen molar-refractivity contribution in [3.8, 4) is 0 Å². The zero-order chi connectivity index (χ0) is 28.2. The van der Waals surface area contributed by atoms with Crippen molar-refractivity contribution in [2.45, 2.75) is 102 Å². The summed E-state index contributed by atoms with van der Waals surface area (Å²) in [6.07, 6.45) is 4.21. The van der Waals surface area contributed by atoms with E-state index < -0.39 is 16.3 Å². The van der Waals surface area contributed by atoms with E-state index in [1.807, 2.05) is 57.2 Å². The number of thioether (sulfide) groups is 1. The second-order valence-electron chi connectivity index (χ2n) is 10.8. The number of aliphatic carboxylic acids is 1. The number of benzene rings is 2. The van der Waals surface area contributed by atoms with Crippen molar-refractivity contribution >= 4 is 29.1 Å². The molecule has 2 aromatic carbocycles. The van der Waals surface area contributed by atoms with Crippen LogP contribution < -0.4 is 10.2 Å². The van der Waals surface area contributed by atoms with Crippen LogP contribution in [0.4, 0.5) is 11.4 Å². The van der Waals surface area contributed by atoms with Crippen LogP contribution in [0.25, 0.3) is 0 Å². The van der Waals surface area contributed by atoms with Gasteiger partial charge in [0.25, 0.3) is 0 Å². The van der Waals surface area contributed by atoms with Gasteiger partial charge in [0.05, 0.1) is 17.0 Å². The zero-order valence-corrected chi connectivity index (χ0v) is 24.9. The molecule has 2 aromatic rings. The molecule has 0 aliphatic heterocycles. The fourth-order valence-electron chi connectivity index (χ4n) is 3.98. The van der Waals surface area contributed by atoms with E-state index in [0.29, 0.717) is 12.6 Å². The number of hydrogen-bond acceptors (Lipinski definition) is 5. The number of carbonyl (C=O) groups is 1. The Kier molecular flexibility index (Phi) is 13.3. The van der Waals surface area contributed by atoms with Crippen LogP contribution in [-0.4, -0.2) is 39.1 Å². The average Bonchev–Trinajstić information content (AvgIpc) is 2.77. The van der Waals surface area contributed by atoms with Gasteiger partial charge in [0.15, 0.2) is 0 Å². The highest BCUT2D eigenvalue weighted by molar-refractivity contribution is 8.01. The number of rotatable bonds is 13. The number of anilines is 2. The molecule has 206 valence electrons. The van der Waals surface area contributed by atoms with Gasteiger partial charge in [0, 0.05) is 23.2 Å². The summed E-state index contributed by atoms with van der Waals surface area (Å²) in [6.45, 7) is 19.9. The maximum Gasteiger partial charge on any atom is 0.319 e. The molecule has 3 N–H and O–H groups in total. The molecule has 0 aliphatic carbocycles. The van der Waals surface area contributed by atoms with E-state index >= 15 is 0 Å². The van der Waals surface area contributed by atoms with Crippen LogP contribution in [0, 0.1) is 6.92 Å². The standard InChI is InChI=1S/C24H40N2O3S.C7H8/c1-9-11-18(12-10-2)26(16-23(5,6)29)21-14-13-19(15-20(21)25-17(3)4)30-24(7,8)22(27)28;1-7-5-3-2-4-6-7/h13-15,18,25,29H,3,9-12,16H2,1-2,4-8H3,(H,27,28);2-6H,1H3. The lowest BCUT2D eigenvalue weighted by molar-refractivity contribution is -0.138. The van der Waals surface area contributed by atoms with Crippen LogP contribution in [0.5, 0.6) is 0 Å². The summed E-state index contributed by atoms with van der Waals surface area (Å²) in [5.74, 6) is -0.847. The van der Waals surface area contributed by atoms with Crippen molar-refractivity contribution in [2.75, 3.05) is 16.8 Å². The first-order valence-electron chi connectivity index (χ1n) is 13.2. The van der Waals surface area contributed by atoms with Gasteiger partial charge in [-0.2, -0.15) is 0 Å². The lowest BCUT2D eigenvalue weighted by atomic mass is 10.00. The minimum Gasteiger partial charge on any atom is -0.480 e. The maximum absolute atomic E-state index is 11.6. The van der Waals surface area contributed by atoms with E-state index in [1.165, 1.54) is 17.3 Å². The Morgan fingerprint density at radius 3 is 2.03 bits per heavy atom. The molecule has 0 spiro atoms. The van der Waals surface area contributed by atoms with Gasteiger partial charge >= 0.3 is 5.97 Å². The maximum atomic E-state index is 11.6. The summed E-state index contributed by atoms with van der Waals surface area (Å²) >= 11 is 1.32. The molecule has 0 atom stereocenters. The molecule has 0 saturated heterocycles. The average molecular weight is 529 g/mol. The molecular weight excluding hydrogens is 480 g/mol. The second-order valence-corrected chi connectivity index (χ2v) is 12.5. The molecule has 0 aromatic heterocycles. The number of nitrogens with zero attached hydrogens (tertiary/aromatic N) is 1. The Bertz CT molecular complexity index is 978. The quantitative estimate of drug-likeness (QED) is 0.228. The van der Waals surface area contributed by atoms with Crippen LogP contribution in [0.2, 0.25) is 0 Å². The van der Waals surface area contributed by atoms with Gasteiger partial charge < -0.3 is 20.4 Å². The molecule has 0 saturated carbocycles. The third-order valence-corrected chi connectivity index (χ3v) is 6.87. The number of aryl methyl sites for hydroxylation is 1. The molecule has 0 amide bonds. The van der Waals surface area contributed by atoms with Gasteiger partial charge in [-0.3, -0.25) is 4.79 Å². The Morgan fingerprint density at radius 2 is 1.62 bits per heavy atom. The highest BCUT2D eigenvalue weighted by Crippen LogP contribution is 2.39. The Hall–Kier alpha value is -2.44. The Balaban J connectivity index is 0.000000836. The van der Waals surface area contributed by atoms with E-state index in [9.17, 15) is 15.0 Å². The fourth-order valence-corrected chi connectivity index (χ4v) is 4.97. The summed E-state index contributed by atoms with van der Waals surface area (Å²) < 4.78 is -0.929. The fraction of sp³-hybridized carbons (Fsp3) is 0.516. The van der Waals surface area contributed by atoms with Crippen molar-refractivity contribution in [2.24, 2.45) is 0 Å². The van der Waals surface area contributed by atoms with Crippen molar-refractivity contribution in [3.63, 3.8) is 0 Å². The monoisotopic (exact) mass is 528 g/mol. The van der Waals surface area contributed by atoms with Crippen LogP contribution in [-0.2, 0) is 4.79 Å². The number of nitrogens with one attached hydrogen (secondary N) is 1. The molecule has 0 bridgehead atoms. The third-order valence-electron chi connectivity index (χ3n) is 5.70. The minimum absolute atomic E-state index is 0.311. The number of carboxylic acid groups (broad SMARTS) is 1. The normalized spacial score (nSPS) is 11.5. The first-order chi connectivity index (χ1) is 17.2. The van der Waals surface area contributed by atoms with Gasteiger partial charge in [-0.1, -0.05) is 69.2 Å². The van der Waals surface area contributed by atoms with Gasteiger partial charge in [-0.25, -0.2) is 0 Å². The molecule has 2 rings (SSSR count). The molecule has 5 nitrogen and oxygen atoms in total. The highest BCUT2D eigenvalue weighted by atomic mass is 32.2. The number of aliphatic hydroxyl groups is 1. The summed E-state index contributed by atoms with van der Waals surface area (Å²) in [5.41, 5.74) is 3.17. The van der Waals surface area contributed by atoms with Crippen LogP contribution in [0.15, 0.2) is 65.7 Å².